The SMILES string of the molecule is C=CCN(C(=O)Cc1ccccc1)C1CC(=O)N(c2ccc(I)cc2)C1=O. The minimum atomic E-state index is -0.800. The Balaban J connectivity index is 1.82. The van der Waals surface area contributed by atoms with Crippen molar-refractivity contribution >= 4 is 46.0 Å². The number of imide groups is 1. The fourth-order valence-corrected chi connectivity index (χ4v) is 3.49. The Kier molecular flexibility index (Phi) is 6.05. The minimum Gasteiger partial charge on any atom is -0.326 e. The first-order valence-corrected chi connectivity index (χ1v) is 9.66. The molecule has 2 aromatic rings. The molecule has 0 saturated carbocycles. The number of amides is 3. The molecule has 6 heteroatoms. The molecule has 0 radical (unpaired) electrons. The zero-order chi connectivity index (χ0) is 19.4. The zero-order valence-corrected chi connectivity index (χ0v) is 16.8. The van der Waals surface area contributed by atoms with Crippen LogP contribution in [0.4, 0.5) is 5.69 Å². The number of hydrogen-bond acceptors (Lipinski definition) is 3. The first-order chi connectivity index (χ1) is 13.0. The molecule has 0 bridgehead atoms. The van der Waals surface area contributed by atoms with E-state index in [0.29, 0.717) is 5.69 Å². The molecule has 138 valence electrons. The van der Waals surface area contributed by atoms with Crippen LogP contribution in [0.1, 0.15) is 12.0 Å². The number of nitrogens with zero attached hydrogens (tertiary/aromatic N) is 2. The fourth-order valence-electron chi connectivity index (χ4n) is 3.13. The van der Waals surface area contributed by atoms with Crippen LogP contribution in [0.5, 0.6) is 0 Å². The van der Waals surface area contributed by atoms with Crippen molar-refractivity contribution in [2.75, 3.05) is 11.4 Å². The van der Waals surface area contributed by atoms with Crippen LogP contribution in [-0.4, -0.2) is 35.2 Å². The number of anilines is 1. The second-order valence-electron chi connectivity index (χ2n) is 6.26. The Morgan fingerprint density at radius 3 is 2.44 bits per heavy atom. The van der Waals surface area contributed by atoms with Gasteiger partial charge in [0.1, 0.15) is 6.04 Å². The average Bonchev–Trinajstić information content (AvgIpc) is 2.95. The normalized spacial score (nSPS) is 16.5. The Morgan fingerprint density at radius 1 is 1.15 bits per heavy atom. The van der Waals surface area contributed by atoms with Gasteiger partial charge in [0.2, 0.25) is 11.8 Å². The van der Waals surface area contributed by atoms with Gasteiger partial charge < -0.3 is 4.90 Å². The highest BCUT2D eigenvalue weighted by Gasteiger charge is 2.43. The largest absolute Gasteiger partial charge is 0.326 e. The molecule has 1 saturated heterocycles. The first-order valence-electron chi connectivity index (χ1n) is 8.58. The summed E-state index contributed by atoms with van der Waals surface area (Å²) in [7, 11) is 0. The van der Waals surface area contributed by atoms with Crippen molar-refractivity contribution in [2.24, 2.45) is 0 Å². The molecule has 1 fully saturated rings. The summed E-state index contributed by atoms with van der Waals surface area (Å²) < 4.78 is 1.01. The maximum Gasteiger partial charge on any atom is 0.257 e. The Labute approximate surface area is 171 Å². The van der Waals surface area contributed by atoms with Gasteiger partial charge in [0.25, 0.3) is 5.91 Å². The van der Waals surface area contributed by atoms with Gasteiger partial charge in [-0.05, 0) is 52.4 Å². The molecule has 3 amide bonds. The molecule has 0 spiro atoms. The van der Waals surface area contributed by atoms with E-state index < -0.39 is 6.04 Å². The van der Waals surface area contributed by atoms with Crippen LogP contribution >= 0.6 is 22.6 Å². The molecule has 1 heterocycles. The standard InChI is InChI=1S/C21H19IN2O3/c1-2-12-23(19(25)13-15-6-4-3-5-7-15)18-14-20(26)24(21(18)27)17-10-8-16(22)9-11-17/h2-11,18H,1,12-14H2. The zero-order valence-electron chi connectivity index (χ0n) is 14.7. The number of rotatable bonds is 6. The first kappa shape index (κ1) is 19.3. The highest BCUT2D eigenvalue weighted by molar-refractivity contribution is 14.1. The van der Waals surface area contributed by atoms with Gasteiger partial charge in [0.15, 0.2) is 0 Å². The van der Waals surface area contributed by atoms with Crippen molar-refractivity contribution in [3.05, 3.63) is 76.4 Å². The maximum absolute atomic E-state index is 12.9. The Hall–Kier alpha value is -2.48. The van der Waals surface area contributed by atoms with Gasteiger partial charge in [0, 0.05) is 10.1 Å². The van der Waals surface area contributed by atoms with Gasteiger partial charge in [-0.2, -0.15) is 0 Å². The molecular formula is C21H19IN2O3. The third kappa shape index (κ3) is 4.27. The van der Waals surface area contributed by atoms with Crippen molar-refractivity contribution in [2.45, 2.75) is 18.9 Å². The van der Waals surface area contributed by atoms with Gasteiger partial charge in [-0.15, -0.1) is 6.58 Å². The summed E-state index contributed by atoms with van der Waals surface area (Å²) in [6.07, 6.45) is 1.74. The molecule has 1 atom stereocenters. The third-order valence-electron chi connectivity index (χ3n) is 4.43. The summed E-state index contributed by atoms with van der Waals surface area (Å²) in [5.41, 5.74) is 1.39. The minimum absolute atomic E-state index is 0.0147. The van der Waals surface area contributed by atoms with E-state index in [1.54, 1.807) is 18.2 Å². The molecular weight excluding hydrogens is 455 g/mol. The molecule has 0 aliphatic carbocycles. The lowest BCUT2D eigenvalue weighted by Crippen LogP contribution is -2.46. The summed E-state index contributed by atoms with van der Waals surface area (Å²) in [6, 6.07) is 15.7. The number of halogens is 1. The van der Waals surface area contributed by atoms with Crippen LogP contribution in [-0.2, 0) is 20.8 Å². The summed E-state index contributed by atoms with van der Waals surface area (Å²) >= 11 is 2.16. The Morgan fingerprint density at radius 2 is 1.81 bits per heavy atom. The van der Waals surface area contributed by atoms with Gasteiger partial charge in [0.05, 0.1) is 18.5 Å². The lowest BCUT2D eigenvalue weighted by atomic mass is 10.1. The van der Waals surface area contributed by atoms with Crippen molar-refractivity contribution < 1.29 is 14.4 Å². The van der Waals surface area contributed by atoms with E-state index in [-0.39, 0.29) is 37.1 Å². The van der Waals surface area contributed by atoms with Crippen LogP contribution in [0.2, 0.25) is 0 Å². The lowest BCUT2D eigenvalue weighted by Gasteiger charge is -2.26. The van der Waals surface area contributed by atoms with Crippen LogP contribution in [0.25, 0.3) is 0 Å². The molecule has 3 rings (SSSR count). The van der Waals surface area contributed by atoms with Crippen LogP contribution in [0.3, 0.4) is 0 Å². The van der Waals surface area contributed by atoms with Gasteiger partial charge in [-0.3, -0.25) is 14.4 Å². The van der Waals surface area contributed by atoms with Crippen LogP contribution in [0.15, 0.2) is 67.3 Å². The predicted molar refractivity (Wildman–Crippen MR) is 112 cm³/mol. The number of hydrogen-bond donors (Lipinski definition) is 0. The van der Waals surface area contributed by atoms with Crippen LogP contribution in [0, 0.1) is 3.57 Å². The topological polar surface area (TPSA) is 57.7 Å². The van der Waals surface area contributed by atoms with E-state index in [9.17, 15) is 14.4 Å². The quantitative estimate of drug-likeness (QED) is 0.367. The van der Waals surface area contributed by atoms with Gasteiger partial charge in [-0.25, -0.2) is 4.90 Å². The molecule has 2 aromatic carbocycles. The van der Waals surface area contributed by atoms with E-state index in [1.165, 1.54) is 9.80 Å². The van der Waals surface area contributed by atoms with Crippen molar-refractivity contribution in [3.8, 4) is 0 Å². The van der Waals surface area contributed by atoms with Gasteiger partial charge in [-0.1, -0.05) is 36.4 Å². The lowest BCUT2D eigenvalue weighted by molar-refractivity contribution is -0.137. The molecule has 27 heavy (non-hydrogen) atoms. The monoisotopic (exact) mass is 474 g/mol. The second-order valence-corrected chi connectivity index (χ2v) is 7.51. The van der Waals surface area contributed by atoms with E-state index in [4.69, 9.17) is 0 Å². The van der Waals surface area contributed by atoms with Crippen LogP contribution < -0.4 is 4.90 Å². The van der Waals surface area contributed by atoms with Gasteiger partial charge >= 0.3 is 0 Å². The summed E-state index contributed by atoms with van der Waals surface area (Å²) in [6.45, 7) is 3.91. The van der Waals surface area contributed by atoms with E-state index in [2.05, 4.69) is 29.2 Å². The number of carbonyl (C=O) groups is 3. The Bertz CT molecular complexity index is 865. The molecule has 0 N–H and O–H groups in total. The molecule has 5 nitrogen and oxygen atoms in total. The molecule has 0 aromatic heterocycles. The van der Waals surface area contributed by atoms with Crippen molar-refractivity contribution in [3.63, 3.8) is 0 Å². The molecule has 1 aliphatic rings. The summed E-state index contributed by atoms with van der Waals surface area (Å²) in [5.74, 6) is -0.867. The summed E-state index contributed by atoms with van der Waals surface area (Å²) in [4.78, 5) is 40.9. The highest BCUT2D eigenvalue weighted by Crippen LogP contribution is 2.26. The van der Waals surface area contributed by atoms with Crippen molar-refractivity contribution in [1.82, 2.24) is 4.90 Å². The second kappa shape index (κ2) is 8.47. The third-order valence-corrected chi connectivity index (χ3v) is 5.15. The number of benzene rings is 2. The smallest absolute Gasteiger partial charge is 0.257 e. The van der Waals surface area contributed by atoms with Crippen molar-refractivity contribution in [1.29, 1.82) is 0 Å². The predicted octanol–water partition coefficient (Wildman–Crippen LogP) is 3.18. The van der Waals surface area contributed by atoms with E-state index >= 15 is 0 Å². The molecule has 1 aliphatic heterocycles. The van der Waals surface area contributed by atoms with E-state index in [1.807, 2.05) is 42.5 Å². The number of carbonyl (C=O) groups excluding carboxylic acids is 3. The fraction of sp³-hybridized carbons (Fsp3) is 0.190. The maximum atomic E-state index is 12.9. The van der Waals surface area contributed by atoms with E-state index in [0.717, 1.165) is 9.13 Å². The highest BCUT2D eigenvalue weighted by atomic mass is 127. The molecule has 1 unspecified atom stereocenters. The summed E-state index contributed by atoms with van der Waals surface area (Å²) in [5, 5.41) is 0. The average molecular weight is 474 g/mol.